The summed E-state index contributed by atoms with van der Waals surface area (Å²) in [6.07, 6.45) is -4.42. The van der Waals surface area contributed by atoms with E-state index in [1.165, 1.54) is 10.7 Å². The van der Waals surface area contributed by atoms with Crippen molar-refractivity contribution in [3.63, 3.8) is 0 Å². The second-order valence-electron chi connectivity index (χ2n) is 4.84. The molecular weight excluding hydrogens is 327 g/mol. The van der Waals surface area contributed by atoms with Crippen molar-refractivity contribution in [1.29, 1.82) is 0 Å². The molecule has 0 aliphatic rings. The molecule has 0 spiro atoms. The molecule has 0 aliphatic heterocycles. The summed E-state index contributed by atoms with van der Waals surface area (Å²) >= 11 is 5.89. The fourth-order valence-corrected chi connectivity index (χ4v) is 2.46. The fourth-order valence-electron chi connectivity index (χ4n) is 2.28. The summed E-state index contributed by atoms with van der Waals surface area (Å²) in [7, 11) is 0. The molecular formula is C16H11ClF3N3. The van der Waals surface area contributed by atoms with E-state index >= 15 is 0 Å². The summed E-state index contributed by atoms with van der Waals surface area (Å²) in [5.74, 6) is 0.114. The molecule has 0 radical (unpaired) electrons. The molecule has 0 saturated heterocycles. The highest BCUT2D eigenvalue weighted by molar-refractivity contribution is 6.17. The average molecular weight is 338 g/mol. The van der Waals surface area contributed by atoms with Crippen LogP contribution in [0.3, 0.4) is 0 Å². The summed E-state index contributed by atoms with van der Waals surface area (Å²) < 4.78 is 40.1. The van der Waals surface area contributed by atoms with Crippen LogP contribution in [0.5, 0.6) is 0 Å². The van der Waals surface area contributed by atoms with Gasteiger partial charge in [-0.1, -0.05) is 41.6 Å². The number of rotatable bonds is 3. The van der Waals surface area contributed by atoms with Crippen LogP contribution in [0.15, 0.2) is 54.6 Å². The summed E-state index contributed by atoms with van der Waals surface area (Å²) in [6.45, 7) is 0. The maximum atomic E-state index is 12.9. The number of benzene rings is 2. The van der Waals surface area contributed by atoms with Crippen molar-refractivity contribution in [3.05, 3.63) is 65.9 Å². The Balaban J connectivity index is 2.17. The number of nitrogens with zero attached hydrogens (tertiary/aromatic N) is 3. The lowest BCUT2D eigenvalue weighted by Crippen LogP contribution is -2.07. The zero-order valence-corrected chi connectivity index (χ0v) is 12.5. The van der Waals surface area contributed by atoms with E-state index in [9.17, 15) is 13.2 Å². The van der Waals surface area contributed by atoms with Gasteiger partial charge >= 0.3 is 6.18 Å². The van der Waals surface area contributed by atoms with Crippen LogP contribution in [-0.4, -0.2) is 15.0 Å². The minimum absolute atomic E-state index is 0.114. The zero-order valence-electron chi connectivity index (χ0n) is 11.8. The maximum Gasteiger partial charge on any atom is 0.416 e. The summed E-state index contributed by atoms with van der Waals surface area (Å²) in [6, 6.07) is 14.1. The van der Waals surface area contributed by atoms with Crippen LogP contribution < -0.4 is 0 Å². The molecule has 0 atom stereocenters. The van der Waals surface area contributed by atoms with Crippen molar-refractivity contribution in [3.8, 4) is 16.9 Å². The first kappa shape index (κ1) is 15.6. The number of alkyl halides is 4. The predicted octanol–water partition coefficient (Wildman–Crippen LogP) is 4.69. The van der Waals surface area contributed by atoms with Gasteiger partial charge in [0.2, 0.25) is 0 Å². The van der Waals surface area contributed by atoms with Gasteiger partial charge in [0.05, 0.1) is 22.8 Å². The number of hydrogen-bond acceptors (Lipinski definition) is 2. The quantitative estimate of drug-likeness (QED) is 0.649. The molecule has 0 fully saturated rings. The number of hydrogen-bond donors (Lipinski definition) is 0. The second-order valence-corrected chi connectivity index (χ2v) is 5.11. The fraction of sp³-hybridized carbons (Fsp3) is 0.125. The normalized spacial score (nSPS) is 11.7. The van der Waals surface area contributed by atoms with Crippen molar-refractivity contribution < 1.29 is 13.2 Å². The smallest absolute Gasteiger partial charge is 0.213 e. The minimum atomic E-state index is -4.42. The van der Waals surface area contributed by atoms with Gasteiger partial charge in [-0.25, -0.2) is 4.68 Å². The first-order valence-electron chi connectivity index (χ1n) is 6.74. The lowest BCUT2D eigenvalue weighted by atomic mass is 10.1. The molecule has 0 bridgehead atoms. The molecule has 0 saturated carbocycles. The third kappa shape index (κ3) is 3.07. The number of aromatic nitrogens is 3. The Morgan fingerprint density at radius 2 is 1.74 bits per heavy atom. The Hall–Kier alpha value is -2.34. The highest BCUT2D eigenvalue weighted by atomic mass is 35.5. The largest absolute Gasteiger partial charge is 0.416 e. The standard InChI is InChI=1S/C16H11ClF3N3/c17-10-14-15(11-5-2-1-3-6-11)23(22-21-14)13-8-4-7-12(9-13)16(18,19)20/h1-9H,10H2. The highest BCUT2D eigenvalue weighted by Gasteiger charge is 2.31. The minimum Gasteiger partial charge on any atom is -0.213 e. The first-order valence-corrected chi connectivity index (χ1v) is 7.28. The Labute approximate surface area is 135 Å². The van der Waals surface area contributed by atoms with E-state index < -0.39 is 11.7 Å². The van der Waals surface area contributed by atoms with Gasteiger partial charge in [0, 0.05) is 5.56 Å². The van der Waals surface area contributed by atoms with Crippen molar-refractivity contribution in [2.45, 2.75) is 12.1 Å². The Kier molecular flexibility index (Phi) is 4.09. The Bertz CT molecular complexity index is 813. The number of halogens is 4. The van der Waals surface area contributed by atoms with Gasteiger partial charge < -0.3 is 0 Å². The third-order valence-electron chi connectivity index (χ3n) is 3.33. The van der Waals surface area contributed by atoms with E-state index in [0.29, 0.717) is 11.4 Å². The van der Waals surface area contributed by atoms with Gasteiger partial charge in [0.15, 0.2) is 0 Å². The Morgan fingerprint density at radius 1 is 1.00 bits per heavy atom. The summed E-state index contributed by atoms with van der Waals surface area (Å²) in [4.78, 5) is 0. The van der Waals surface area contributed by atoms with Gasteiger partial charge in [-0.3, -0.25) is 0 Å². The third-order valence-corrected chi connectivity index (χ3v) is 3.59. The topological polar surface area (TPSA) is 30.7 Å². The van der Waals surface area contributed by atoms with Crippen LogP contribution in [0.25, 0.3) is 16.9 Å². The maximum absolute atomic E-state index is 12.9. The van der Waals surface area contributed by atoms with Crippen LogP contribution in [-0.2, 0) is 12.1 Å². The van der Waals surface area contributed by atoms with Crippen LogP contribution in [0.4, 0.5) is 13.2 Å². The Morgan fingerprint density at radius 3 is 2.39 bits per heavy atom. The predicted molar refractivity (Wildman–Crippen MR) is 81.4 cm³/mol. The molecule has 0 aliphatic carbocycles. The molecule has 0 amide bonds. The van der Waals surface area contributed by atoms with Gasteiger partial charge in [0.25, 0.3) is 0 Å². The van der Waals surface area contributed by atoms with E-state index in [-0.39, 0.29) is 11.6 Å². The summed E-state index contributed by atoms with van der Waals surface area (Å²) in [5.41, 5.74) is 1.42. The average Bonchev–Trinajstić information content (AvgIpc) is 2.99. The second kappa shape index (κ2) is 6.04. The van der Waals surface area contributed by atoms with Gasteiger partial charge in [-0.15, -0.1) is 16.7 Å². The van der Waals surface area contributed by atoms with Gasteiger partial charge in [0.1, 0.15) is 5.69 Å². The molecule has 118 valence electrons. The van der Waals surface area contributed by atoms with E-state index in [0.717, 1.165) is 17.7 Å². The molecule has 3 aromatic rings. The molecule has 0 unspecified atom stereocenters. The molecule has 7 heteroatoms. The highest BCUT2D eigenvalue weighted by Crippen LogP contribution is 2.32. The van der Waals surface area contributed by atoms with Gasteiger partial charge in [-0.2, -0.15) is 13.2 Å². The van der Waals surface area contributed by atoms with Crippen LogP contribution in [0.1, 0.15) is 11.3 Å². The molecule has 0 N–H and O–H groups in total. The molecule has 1 aromatic heterocycles. The lowest BCUT2D eigenvalue weighted by molar-refractivity contribution is -0.137. The molecule has 1 heterocycles. The first-order chi connectivity index (χ1) is 11.0. The van der Waals surface area contributed by atoms with E-state index in [1.54, 1.807) is 6.07 Å². The molecule has 3 nitrogen and oxygen atoms in total. The SMILES string of the molecule is FC(F)(F)c1cccc(-n2nnc(CCl)c2-c2ccccc2)c1. The van der Waals surface area contributed by atoms with Crippen LogP contribution in [0.2, 0.25) is 0 Å². The summed E-state index contributed by atoms with van der Waals surface area (Å²) in [5, 5.41) is 7.95. The van der Waals surface area contributed by atoms with Crippen molar-refractivity contribution in [2.75, 3.05) is 0 Å². The van der Waals surface area contributed by atoms with Gasteiger partial charge in [-0.05, 0) is 18.2 Å². The van der Waals surface area contributed by atoms with Crippen molar-refractivity contribution >= 4 is 11.6 Å². The monoisotopic (exact) mass is 337 g/mol. The molecule has 3 rings (SSSR count). The van der Waals surface area contributed by atoms with Crippen LogP contribution in [0, 0.1) is 0 Å². The van der Waals surface area contributed by atoms with Crippen molar-refractivity contribution in [2.24, 2.45) is 0 Å². The van der Waals surface area contributed by atoms with E-state index in [4.69, 9.17) is 11.6 Å². The lowest BCUT2D eigenvalue weighted by Gasteiger charge is -2.11. The van der Waals surface area contributed by atoms with Crippen molar-refractivity contribution in [1.82, 2.24) is 15.0 Å². The molecule has 23 heavy (non-hydrogen) atoms. The van der Waals surface area contributed by atoms with E-state index in [2.05, 4.69) is 10.3 Å². The molecule has 2 aromatic carbocycles. The zero-order chi connectivity index (χ0) is 16.4. The van der Waals surface area contributed by atoms with E-state index in [1.807, 2.05) is 30.3 Å². The van der Waals surface area contributed by atoms with Crippen LogP contribution >= 0.6 is 11.6 Å².